The van der Waals surface area contributed by atoms with E-state index in [-0.39, 0.29) is 24.6 Å². The first-order valence-corrected chi connectivity index (χ1v) is 10.4. The normalized spacial score (nSPS) is 15.3. The van der Waals surface area contributed by atoms with Crippen molar-refractivity contribution in [3.05, 3.63) is 35.7 Å². The number of carbonyl (C=O) groups excluding carboxylic acids is 2. The Morgan fingerprint density at radius 2 is 2.00 bits per heavy atom. The lowest BCUT2D eigenvalue weighted by Crippen LogP contribution is -2.42. The fourth-order valence-corrected chi connectivity index (χ4v) is 3.51. The topological polar surface area (TPSA) is 93.7 Å². The van der Waals surface area contributed by atoms with Crippen molar-refractivity contribution >= 4 is 12.0 Å². The van der Waals surface area contributed by atoms with Crippen LogP contribution >= 0.6 is 0 Å². The number of piperidine rings is 1. The molecule has 0 atom stereocenters. The Balaban J connectivity index is 1.61. The van der Waals surface area contributed by atoms with Crippen LogP contribution in [0.2, 0.25) is 0 Å². The zero-order chi connectivity index (χ0) is 21.9. The summed E-state index contributed by atoms with van der Waals surface area (Å²) in [4.78, 5) is 32.9. The second-order valence-electron chi connectivity index (χ2n) is 8.62. The van der Waals surface area contributed by atoms with E-state index < -0.39 is 5.60 Å². The summed E-state index contributed by atoms with van der Waals surface area (Å²) in [5.74, 6) is 0.947. The molecule has 1 saturated heterocycles. The predicted octanol–water partition coefficient (Wildman–Crippen LogP) is 3.28. The lowest BCUT2D eigenvalue weighted by molar-refractivity contribution is 0.0186. The van der Waals surface area contributed by atoms with Gasteiger partial charge < -0.3 is 23.6 Å². The van der Waals surface area contributed by atoms with E-state index in [1.54, 1.807) is 16.8 Å². The second-order valence-corrected chi connectivity index (χ2v) is 8.62. The second kappa shape index (κ2) is 8.89. The number of ether oxygens (including phenoxy) is 1. The number of nitrogens with zero attached hydrogens (tertiary/aromatic N) is 5. The average Bonchev–Trinajstić information content (AvgIpc) is 3.35. The third kappa shape index (κ3) is 5.20. The van der Waals surface area contributed by atoms with Crippen LogP contribution in [0, 0.1) is 0 Å². The Labute approximate surface area is 177 Å². The van der Waals surface area contributed by atoms with Crippen LogP contribution in [0.25, 0.3) is 0 Å². The Morgan fingerprint density at radius 1 is 1.30 bits per heavy atom. The van der Waals surface area contributed by atoms with Gasteiger partial charge in [0.1, 0.15) is 17.8 Å². The van der Waals surface area contributed by atoms with Gasteiger partial charge in [0.25, 0.3) is 5.91 Å². The van der Waals surface area contributed by atoms with Crippen molar-refractivity contribution in [3.8, 4) is 0 Å². The molecule has 0 N–H and O–H groups in total. The number of amides is 2. The van der Waals surface area contributed by atoms with Gasteiger partial charge in [-0.05, 0) is 45.7 Å². The van der Waals surface area contributed by atoms with Gasteiger partial charge in [0.15, 0.2) is 5.82 Å². The minimum absolute atomic E-state index is 0.106. The van der Waals surface area contributed by atoms with Gasteiger partial charge in [0.2, 0.25) is 5.89 Å². The van der Waals surface area contributed by atoms with E-state index in [2.05, 4.69) is 10.1 Å². The summed E-state index contributed by atoms with van der Waals surface area (Å²) >= 11 is 0. The highest BCUT2D eigenvalue weighted by molar-refractivity contribution is 5.92. The summed E-state index contributed by atoms with van der Waals surface area (Å²) < 4.78 is 12.7. The smallest absolute Gasteiger partial charge is 0.410 e. The van der Waals surface area contributed by atoms with Crippen LogP contribution < -0.4 is 0 Å². The summed E-state index contributed by atoms with van der Waals surface area (Å²) in [6, 6.07) is 3.86. The van der Waals surface area contributed by atoms with Crippen molar-refractivity contribution in [2.45, 2.75) is 65.1 Å². The minimum Gasteiger partial charge on any atom is -0.444 e. The lowest BCUT2D eigenvalue weighted by Gasteiger charge is -2.34. The van der Waals surface area contributed by atoms with Crippen molar-refractivity contribution in [1.82, 2.24) is 24.5 Å². The number of carbonyl (C=O) groups is 2. The average molecular weight is 418 g/mol. The molecule has 2 aromatic heterocycles. The molecule has 0 aliphatic carbocycles. The van der Waals surface area contributed by atoms with Crippen molar-refractivity contribution < 1.29 is 18.8 Å². The molecule has 1 fully saturated rings. The van der Waals surface area contributed by atoms with Gasteiger partial charge in [-0.2, -0.15) is 4.98 Å². The van der Waals surface area contributed by atoms with Gasteiger partial charge in [0, 0.05) is 38.8 Å². The van der Waals surface area contributed by atoms with Crippen LogP contribution in [0.4, 0.5) is 4.79 Å². The summed E-state index contributed by atoms with van der Waals surface area (Å²) in [6.45, 7) is 9.00. The number of rotatable bonds is 5. The Kier molecular flexibility index (Phi) is 6.48. The van der Waals surface area contributed by atoms with Crippen LogP contribution in [-0.4, -0.2) is 62.2 Å². The van der Waals surface area contributed by atoms with E-state index >= 15 is 0 Å². The van der Waals surface area contributed by atoms with Gasteiger partial charge in [0.05, 0.1) is 0 Å². The number of hydrogen-bond donors (Lipinski definition) is 0. The molecule has 0 aromatic carbocycles. The highest BCUT2D eigenvalue weighted by atomic mass is 16.6. The van der Waals surface area contributed by atoms with Crippen LogP contribution in [0.3, 0.4) is 0 Å². The number of likely N-dealkylation sites (tertiary alicyclic amines) is 1. The summed E-state index contributed by atoms with van der Waals surface area (Å²) in [5, 5.41) is 3.87. The van der Waals surface area contributed by atoms with E-state index in [0.717, 1.165) is 12.8 Å². The fourth-order valence-electron chi connectivity index (χ4n) is 3.51. The van der Waals surface area contributed by atoms with Gasteiger partial charge >= 0.3 is 6.09 Å². The molecule has 9 nitrogen and oxygen atoms in total. The summed E-state index contributed by atoms with van der Waals surface area (Å²) in [5.41, 5.74) is 0.109. The van der Waals surface area contributed by atoms with Crippen molar-refractivity contribution in [2.24, 2.45) is 0 Å². The number of aryl methyl sites for hydroxylation is 1. The lowest BCUT2D eigenvalue weighted by atomic mass is 10.0. The van der Waals surface area contributed by atoms with Gasteiger partial charge in [-0.3, -0.25) is 4.79 Å². The van der Waals surface area contributed by atoms with E-state index in [0.29, 0.717) is 36.9 Å². The number of aromatic nitrogens is 3. The van der Waals surface area contributed by atoms with E-state index in [4.69, 9.17) is 9.26 Å². The standard InChI is InChI=1S/C21H31N5O4/c1-6-17-22-18(30-23-17)14-24(5)19(27)16-8-7-11-26(16)15-9-12-25(13-10-15)20(28)29-21(2,3)4/h7-8,11,15H,6,9-10,12-14H2,1-5H3. The van der Waals surface area contributed by atoms with E-state index in [9.17, 15) is 9.59 Å². The Hall–Kier alpha value is -2.84. The number of hydrogen-bond acceptors (Lipinski definition) is 6. The Bertz CT molecular complexity index is 874. The highest BCUT2D eigenvalue weighted by Gasteiger charge is 2.29. The van der Waals surface area contributed by atoms with Gasteiger partial charge in [-0.15, -0.1) is 0 Å². The highest BCUT2D eigenvalue weighted by Crippen LogP contribution is 2.26. The van der Waals surface area contributed by atoms with Gasteiger partial charge in [-0.25, -0.2) is 4.79 Å². The summed E-state index contributed by atoms with van der Waals surface area (Å²) in [6.07, 6.45) is 3.86. The Morgan fingerprint density at radius 3 is 2.60 bits per heavy atom. The van der Waals surface area contributed by atoms with E-state index in [1.807, 2.05) is 50.6 Å². The minimum atomic E-state index is -0.505. The van der Waals surface area contributed by atoms with Crippen LogP contribution in [-0.2, 0) is 17.7 Å². The third-order valence-electron chi connectivity index (χ3n) is 5.05. The first-order valence-electron chi connectivity index (χ1n) is 10.4. The molecule has 0 unspecified atom stereocenters. The predicted molar refractivity (Wildman–Crippen MR) is 110 cm³/mol. The molecule has 0 spiro atoms. The van der Waals surface area contributed by atoms with Crippen molar-refractivity contribution in [3.63, 3.8) is 0 Å². The molecule has 0 saturated carbocycles. The quantitative estimate of drug-likeness (QED) is 0.741. The molecule has 30 heavy (non-hydrogen) atoms. The molecule has 2 amide bonds. The molecule has 3 rings (SSSR count). The van der Waals surface area contributed by atoms with Crippen LogP contribution in [0.5, 0.6) is 0 Å². The SMILES string of the molecule is CCc1noc(CN(C)C(=O)c2cccn2C2CCN(C(=O)OC(C)(C)C)CC2)n1. The molecular weight excluding hydrogens is 386 g/mol. The molecule has 0 bridgehead atoms. The zero-order valence-corrected chi connectivity index (χ0v) is 18.4. The first kappa shape index (κ1) is 21.9. The monoisotopic (exact) mass is 417 g/mol. The fraction of sp³-hybridized carbons (Fsp3) is 0.619. The van der Waals surface area contributed by atoms with Gasteiger partial charge in [-0.1, -0.05) is 12.1 Å². The maximum absolute atomic E-state index is 13.0. The molecule has 0 radical (unpaired) electrons. The third-order valence-corrected chi connectivity index (χ3v) is 5.05. The molecule has 164 valence electrons. The van der Waals surface area contributed by atoms with Crippen molar-refractivity contribution in [2.75, 3.05) is 20.1 Å². The van der Waals surface area contributed by atoms with E-state index in [1.165, 1.54) is 0 Å². The molecular formula is C21H31N5O4. The van der Waals surface area contributed by atoms with Crippen LogP contribution in [0.15, 0.2) is 22.9 Å². The maximum Gasteiger partial charge on any atom is 0.410 e. The molecule has 2 aromatic rings. The molecule has 9 heteroatoms. The summed E-state index contributed by atoms with van der Waals surface area (Å²) in [7, 11) is 1.72. The maximum atomic E-state index is 13.0. The molecule has 1 aliphatic rings. The largest absolute Gasteiger partial charge is 0.444 e. The zero-order valence-electron chi connectivity index (χ0n) is 18.4. The molecule has 1 aliphatic heterocycles. The molecule has 3 heterocycles. The first-order chi connectivity index (χ1) is 14.2. The van der Waals surface area contributed by atoms with Crippen LogP contribution in [0.1, 0.15) is 68.8 Å². The van der Waals surface area contributed by atoms with Crippen molar-refractivity contribution in [1.29, 1.82) is 0 Å².